The van der Waals surface area contributed by atoms with Gasteiger partial charge in [-0.05, 0) is 25.3 Å². The highest BCUT2D eigenvalue weighted by Gasteiger charge is 2.20. The van der Waals surface area contributed by atoms with Gasteiger partial charge in [-0.25, -0.2) is 13.8 Å². The van der Waals surface area contributed by atoms with Crippen LogP contribution in [0.1, 0.15) is 25.1 Å². The van der Waals surface area contributed by atoms with Crippen molar-refractivity contribution in [2.24, 2.45) is 0 Å². The number of benzene rings is 1. The zero-order chi connectivity index (χ0) is 14.1. The number of ether oxygens (including phenoxy) is 1. The SMILES string of the molecule is Fc1cc(F)c2nc(CCl)n(CC3CCCCO3)c2c1. The summed E-state index contributed by atoms with van der Waals surface area (Å²) in [6.07, 6.45) is 3.16. The Morgan fingerprint density at radius 2 is 2.20 bits per heavy atom. The first-order valence-corrected chi connectivity index (χ1v) is 7.24. The zero-order valence-electron chi connectivity index (χ0n) is 10.9. The molecule has 0 aliphatic carbocycles. The Bertz CT molecular complexity index is 623. The van der Waals surface area contributed by atoms with E-state index in [0.717, 1.165) is 31.9 Å². The first-order chi connectivity index (χ1) is 9.69. The summed E-state index contributed by atoms with van der Waals surface area (Å²) < 4.78 is 34.6. The highest BCUT2D eigenvalue weighted by atomic mass is 35.5. The Morgan fingerprint density at radius 3 is 2.90 bits per heavy atom. The van der Waals surface area contributed by atoms with Gasteiger partial charge >= 0.3 is 0 Å². The number of aromatic nitrogens is 2. The smallest absolute Gasteiger partial charge is 0.153 e. The van der Waals surface area contributed by atoms with Gasteiger partial charge in [0.25, 0.3) is 0 Å². The number of nitrogens with zero attached hydrogens (tertiary/aromatic N) is 2. The van der Waals surface area contributed by atoms with Crippen molar-refractivity contribution in [1.82, 2.24) is 9.55 Å². The maximum absolute atomic E-state index is 13.8. The second-order valence-electron chi connectivity index (χ2n) is 5.02. The molecule has 108 valence electrons. The minimum absolute atomic E-state index is 0.0504. The van der Waals surface area contributed by atoms with Crippen molar-refractivity contribution in [2.45, 2.75) is 37.8 Å². The molecule has 1 unspecified atom stereocenters. The van der Waals surface area contributed by atoms with Crippen LogP contribution in [-0.2, 0) is 17.2 Å². The highest BCUT2D eigenvalue weighted by Crippen LogP contribution is 2.24. The molecule has 0 spiro atoms. The number of rotatable bonds is 3. The Hall–Kier alpha value is -1.20. The van der Waals surface area contributed by atoms with Crippen LogP contribution in [0.3, 0.4) is 0 Å². The Morgan fingerprint density at radius 1 is 1.35 bits per heavy atom. The fourth-order valence-electron chi connectivity index (χ4n) is 2.66. The van der Waals surface area contributed by atoms with Gasteiger partial charge in [0.2, 0.25) is 0 Å². The van der Waals surface area contributed by atoms with E-state index in [1.165, 1.54) is 6.07 Å². The number of hydrogen-bond acceptors (Lipinski definition) is 2. The lowest BCUT2D eigenvalue weighted by Crippen LogP contribution is -2.25. The summed E-state index contributed by atoms with van der Waals surface area (Å²) in [6.45, 7) is 1.26. The summed E-state index contributed by atoms with van der Waals surface area (Å²) in [6, 6.07) is 2.14. The van der Waals surface area contributed by atoms with E-state index in [0.29, 0.717) is 17.9 Å². The third-order valence-corrected chi connectivity index (χ3v) is 3.87. The van der Waals surface area contributed by atoms with Crippen LogP contribution >= 0.6 is 11.6 Å². The van der Waals surface area contributed by atoms with Gasteiger partial charge in [0.05, 0.1) is 24.0 Å². The molecule has 6 heteroatoms. The molecule has 20 heavy (non-hydrogen) atoms. The standard InChI is InChI=1S/C14H15ClF2N2O/c15-7-13-18-14-11(17)5-9(16)6-12(14)19(13)8-10-3-1-2-4-20-10/h5-6,10H,1-4,7-8H2. The third-order valence-electron chi connectivity index (χ3n) is 3.63. The van der Waals surface area contributed by atoms with Crippen molar-refractivity contribution < 1.29 is 13.5 Å². The average molecular weight is 301 g/mol. The molecule has 0 saturated carbocycles. The Balaban J connectivity index is 2.02. The van der Waals surface area contributed by atoms with Gasteiger partial charge in [0, 0.05) is 12.7 Å². The fourth-order valence-corrected chi connectivity index (χ4v) is 2.86. The topological polar surface area (TPSA) is 27.1 Å². The molecular weight excluding hydrogens is 286 g/mol. The highest BCUT2D eigenvalue weighted by molar-refractivity contribution is 6.16. The van der Waals surface area contributed by atoms with Crippen LogP contribution in [0.2, 0.25) is 0 Å². The Kier molecular flexibility index (Phi) is 3.89. The molecule has 1 aromatic heterocycles. The lowest BCUT2D eigenvalue weighted by atomic mass is 10.1. The minimum atomic E-state index is -0.658. The third kappa shape index (κ3) is 2.52. The maximum Gasteiger partial charge on any atom is 0.153 e. The van der Waals surface area contributed by atoms with Gasteiger partial charge < -0.3 is 9.30 Å². The molecule has 1 aliphatic rings. The van der Waals surface area contributed by atoms with Gasteiger partial charge in [-0.15, -0.1) is 11.6 Å². The van der Waals surface area contributed by atoms with Gasteiger partial charge in [-0.3, -0.25) is 0 Å². The van der Waals surface area contributed by atoms with E-state index >= 15 is 0 Å². The van der Waals surface area contributed by atoms with Crippen LogP contribution in [0.4, 0.5) is 8.78 Å². The van der Waals surface area contributed by atoms with E-state index in [1.54, 1.807) is 4.57 Å². The molecule has 3 rings (SSSR count). The quantitative estimate of drug-likeness (QED) is 0.810. The van der Waals surface area contributed by atoms with Gasteiger partial charge in [-0.2, -0.15) is 0 Å². The summed E-state index contributed by atoms with van der Waals surface area (Å²) in [4.78, 5) is 4.17. The second kappa shape index (κ2) is 5.66. The van der Waals surface area contributed by atoms with E-state index in [2.05, 4.69) is 4.98 Å². The van der Waals surface area contributed by atoms with Crippen LogP contribution in [0.25, 0.3) is 11.0 Å². The molecule has 0 bridgehead atoms. The van der Waals surface area contributed by atoms with Gasteiger partial charge in [0.15, 0.2) is 5.82 Å². The van der Waals surface area contributed by atoms with E-state index in [-0.39, 0.29) is 17.5 Å². The summed E-state index contributed by atoms with van der Waals surface area (Å²) >= 11 is 5.87. The number of halogens is 3. The van der Waals surface area contributed by atoms with Gasteiger partial charge in [0.1, 0.15) is 17.2 Å². The molecule has 0 amide bonds. The zero-order valence-corrected chi connectivity index (χ0v) is 11.7. The molecule has 1 atom stereocenters. The van der Waals surface area contributed by atoms with Crippen molar-refractivity contribution in [3.05, 3.63) is 29.6 Å². The lowest BCUT2D eigenvalue weighted by Gasteiger charge is -2.23. The van der Waals surface area contributed by atoms with E-state index in [1.807, 2.05) is 0 Å². The summed E-state index contributed by atoms with van der Waals surface area (Å²) in [5.74, 6) is -0.570. The van der Waals surface area contributed by atoms with Crippen LogP contribution in [-0.4, -0.2) is 22.3 Å². The lowest BCUT2D eigenvalue weighted by molar-refractivity contribution is 0.00627. The maximum atomic E-state index is 13.8. The van der Waals surface area contributed by atoms with E-state index in [4.69, 9.17) is 16.3 Å². The fraction of sp³-hybridized carbons (Fsp3) is 0.500. The summed E-state index contributed by atoms with van der Waals surface area (Å²) in [7, 11) is 0. The molecule has 0 radical (unpaired) electrons. The van der Waals surface area contributed by atoms with Crippen molar-refractivity contribution in [2.75, 3.05) is 6.61 Å². The molecule has 1 aromatic carbocycles. The number of alkyl halides is 1. The van der Waals surface area contributed by atoms with Crippen molar-refractivity contribution in [1.29, 1.82) is 0 Å². The predicted octanol–water partition coefficient (Wildman–Crippen LogP) is 3.62. The Labute approximate surface area is 120 Å². The van der Waals surface area contributed by atoms with Crippen LogP contribution in [0, 0.1) is 11.6 Å². The molecular formula is C14H15ClF2N2O. The normalized spacial score (nSPS) is 19.6. The molecule has 1 fully saturated rings. The second-order valence-corrected chi connectivity index (χ2v) is 5.28. The van der Waals surface area contributed by atoms with Crippen LogP contribution in [0.5, 0.6) is 0 Å². The number of fused-ring (bicyclic) bond motifs is 1. The van der Waals surface area contributed by atoms with Crippen LogP contribution < -0.4 is 0 Å². The molecule has 2 heterocycles. The van der Waals surface area contributed by atoms with Crippen molar-refractivity contribution >= 4 is 22.6 Å². The molecule has 1 aliphatic heterocycles. The largest absolute Gasteiger partial charge is 0.376 e. The van der Waals surface area contributed by atoms with E-state index in [9.17, 15) is 8.78 Å². The van der Waals surface area contributed by atoms with Gasteiger partial charge in [-0.1, -0.05) is 0 Å². The summed E-state index contributed by atoms with van der Waals surface area (Å²) in [5, 5.41) is 0. The average Bonchev–Trinajstić information content (AvgIpc) is 2.78. The molecule has 0 N–H and O–H groups in total. The van der Waals surface area contributed by atoms with Crippen molar-refractivity contribution in [3.63, 3.8) is 0 Å². The predicted molar refractivity (Wildman–Crippen MR) is 72.8 cm³/mol. The number of hydrogen-bond donors (Lipinski definition) is 0. The van der Waals surface area contributed by atoms with E-state index < -0.39 is 11.6 Å². The number of imidazole rings is 1. The monoisotopic (exact) mass is 300 g/mol. The first-order valence-electron chi connectivity index (χ1n) is 6.71. The minimum Gasteiger partial charge on any atom is -0.376 e. The van der Waals surface area contributed by atoms with Crippen molar-refractivity contribution in [3.8, 4) is 0 Å². The molecule has 1 saturated heterocycles. The first kappa shape index (κ1) is 13.8. The summed E-state index contributed by atoms with van der Waals surface area (Å²) in [5.41, 5.74) is 0.602. The van der Waals surface area contributed by atoms with Crippen LogP contribution in [0.15, 0.2) is 12.1 Å². The molecule has 3 nitrogen and oxygen atoms in total. The molecule has 2 aromatic rings.